The molecule has 0 saturated carbocycles. The Morgan fingerprint density at radius 2 is 2.35 bits per heavy atom. The minimum Gasteiger partial charge on any atom is -0.302 e. The lowest BCUT2D eigenvalue weighted by atomic mass is 9.99. The van der Waals surface area contributed by atoms with Crippen molar-refractivity contribution in [1.82, 2.24) is 14.8 Å². The quantitative estimate of drug-likeness (QED) is 0.917. The highest BCUT2D eigenvalue weighted by Gasteiger charge is 2.28. The lowest BCUT2D eigenvalue weighted by molar-refractivity contribution is -0.116. The Labute approximate surface area is 124 Å². The van der Waals surface area contributed by atoms with Crippen LogP contribution in [0.25, 0.3) is 0 Å². The Morgan fingerprint density at radius 1 is 1.40 bits per heavy atom. The zero-order chi connectivity index (χ0) is 13.8. The van der Waals surface area contributed by atoms with Gasteiger partial charge < -0.3 is 5.32 Å². The Kier molecular flexibility index (Phi) is 4.65. The molecule has 0 aliphatic carbocycles. The van der Waals surface area contributed by atoms with Gasteiger partial charge in [0.2, 0.25) is 5.91 Å². The molecule has 0 spiro atoms. The summed E-state index contributed by atoms with van der Waals surface area (Å²) in [6.45, 7) is 5.52. The summed E-state index contributed by atoms with van der Waals surface area (Å²) in [5.41, 5.74) is 0. The normalized spacial score (nSPS) is 24.3. The summed E-state index contributed by atoms with van der Waals surface area (Å²) >= 11 is 1.46. The van der Waals surface area contributed by atoms with Crippen LogP contribution in [-0.4, -0.2) is 59.5 Å². The van der Waals surface area contributed by atoms with Gasteiger partial charge >= 0.3 is 0 Å². The Hall–Kier alpha value is -0.980. The number of hydrogen-bond acceptors (Lipinski definition) is 5. The van der Waals surface area contributed by atoms with Crippen LogP contribution in [0.15, 0.2) is 11.6 Å². The molecule has 0 aromatic carbocycles. The van der Waals surface area contributed by atoms with Gasteiger partial charge in [0.1, 0.15) is 0 Å². The number of piperazine rings is 1. The highest BCUT2D eigenvalue weighted by molar-refractivity contribution is 7.13. The largest absolute Gasteiger partial charge is 0.302 e. The molecule has 0 bridgehead atoms. The Balaban J connectivity index is 1.41. The first-order valence-electron chi connectivity index (χ1n) is 7.47. The minimum absolute atomic E-state index is 0.0750. The molecule has 2 aliphatic rings. The number of carbonyl (C=O) groups excluding carboxylic acids is 1. The number of nitrogens with zero attached hydrogens (tertiary/aromatic N) is 3. The molecule has 1 aromatic heterocycles. The van der Waals surface area contributed by atoms with Crippen LogP contribution in [0.2, 0.25) is 0 Å². The van der Waals surface area contributed by atoms with Crippen LogP contribution in [-0.2, 0) is 4.79 Å². The molecule has 6 heteroatoms. The summed E-state index contributed by atoms with van der Waals surface area (Å²) in [6.07, 6.45) is 6.31. The predicted molar refractivity (Wildman–Crippen MR) is 81.0 cm³/mol. The fourth-order valence-electron chi connectivity index (χ4n) is 3.15. The second-order valence-electron chi connectivity index (χ2n) is 5.62. The van der Waals surface area contributed by atoms with Crippen LogP contribution in [0, 0.1) is 0 Å². The van der Waals surface area contributed by atoms with E-state index in [1.54, 1.807) is 6.20 Å². The first-order chi connectivity index (χ1) is 9.81. The number of aromatic nitrogens is 1. The molecular weight excluding hydrogens is 272 g/mol. The average Bonchev–Trinajstić information content (AvgIpc) is 2.98. The van der Waals surface area contributed by atoms with Crippen molar-refractivity contribution in [2.24, 2.45) is 0 Å². The number of anilines is 1. The van der Waals surface area contributed by atoms with Crippen molar-refractivity contribution in [3.8, 4) is 0 Å². The van der Waals surface area contributed by atoms with Crippen LogP contribution in [0.3, 0.4) is 0 Å². The van der Waals surface area contributed by atoms with Crippen LogP contribution in [0.5, 0.6) is 0 Å². The maximum Gasteiger partial charge on any atom is 0.227 e. The van der Waals surface area contributed by atoms with E-state index in [2.05, 4.69) is 20.1 Å². The van der Waals surface area contributed by atoms with Crippen molar-refractivity contribution >= 4 is 22.4 Å². The highest BCUT2D eigenvalue weighted by Crippen LogP contribution is 2.21. The summed E-state index contributed by atoms with van der Waals surface area (Å²) in [6, 6.07) is 0.722. The van der Waals surface area contributed by atoms with Crippen molar-refractivity contribution < 1.29 is 4.79 Å². The molecule has 0 radical (unpaired) electrons. The number of amides is 1. The van der Waals surface area contributed by atoms with E-state index in [0.717, 1.165) is 25.7 Å². The molecule has 3 rings (SSSR count). The molecule has 1 amide bonds. The van der Waals surface area contributed by atoms with E-state index < -0.39 is 0 Å². The number of carbonyl (C=O) groups is 1. The van der Waals surface area contributed by atoms with Gasteiger partial charge in [-0.1, -0.05) is 6.42 Å². The summed E-state index contributed by atoms with van der Waals surface area (Å²) < 4.78 is 0. The second-order valence-corrected chi connectivity index (χ2v) is 6.52. The average molecular weight is 294 g/mol. The van der Waals surface area contributed by atoms with Gasteiger partial charge in [-0.3, -0.25) is 14.6 Å². The fourth-order valence-corrected chi connectivity index (χ4v) is 3.70. The summed E-state index contributed by atoms with van der Waals surface area (Å²) in [7, 11) is 0. The maximum absolute atomic E-state index is 11.9. The van der Waals surface area contributed by atoms with E-state index in [0.29, 0.717) is 11.6 Å². The summed E-state index contributed by atoms with van der Waals surface area (Å²) in [4.78, 5) is 21.0. The molecule has 2 fully saturated rings. The number of piperidine rings is 1. The number of rotatable bonds is 4. The fraction of sp³-hybridized carbons (Fsp3) is 0.714. The Bertz CT molecular complexity index is 436. The van der Waals surface area contributed by atoms with E-state index in [9.17, 15) is 4.79 Å². The van der Waals surface area contributed by atoms with Crippen molar-refractivity contribution in [2.75, 3.05) is 38.0 Å². The van der Waals surface area contributed by atoms with Gasteiger partial charge in [0, 0.05) is 50.2 Å². The van der Waals surface area contributed by atoms with Gasteiger partial charge in [0.25, 0.3) is 0 Å². The molecule has 2 saturated heterocycles. The first kappa shape index (κ1) is 14.0. The summed E-state index contributed by atoms with van der Waals surface area (Å²) in [5, 5.41) is 5.42. The zero-order valence-electron chi connectivity index (χ0n) is 11.8. The van der Waals surface area contributed by atoms with E-state index in [1.165, 1.54) is 43.7 Å². The van der Waals surface area contributed by atoms with E-state index in [1.807, 2.05) is 5.38 Å². The molecular formula is C14H22N4OS. The van der Waals surface area contributed by atoms with Gasteiger partial charge in [-0.25, -0.2) is 4.98 Å². The van der Waals surface area contributed by atoms with E-state index in [-0.39, 0.29) is 5.91 Å². The molecule has 1 atom stereocenters. The number of hydrogen-bond donors (Lipinski definition) is 1. The van der Waals surface area contributed by atoms with Gasteiger partial charge in [-0.05, 0) is 19.4 Å². The van der Waals surface area contributed by atoms with Gasteiger partial charge in [0.15, 0.2) is 5.13 Å². The lowest BCUT2D eigenvalue weighted by Crippen LogP contribution is -2.55. The molecule has 110 valence electrons. The highest BCUT2D eigenvalue weighted by atomic mass is 32.1. The van der Waals surface area contributed by atoms with Crippen molar-refractivity contribution in [1.29, 1.82) is 0 Å². The first-order valence-corrected chi connectivity index (χ1v) is 8.35. The smallest absolute Gasteiger partial charge is 0.227 e. The lowest BCUT2D eigenvalue weighted by Gasteiger charge is -2.44. The third-order valence-electron chi connectivity index (χ3n) is 4.26. The van der Waals surface area contributed by atoms with Gasteiger partial charge in [0.05, 0.1) is 0 Å². The van der Waals surface area contributed by atoms with Crippen LogP contribution in [0.1, 0.15) is 25.7 Å². The summed E-state index contributed by atoms with van der Waals surface area (Å²) in [5.74, 6) is 0.0750. The maximum atomic E-state index is 11.9. The molecule has 2 aliphatic heterocycles. The Morgan fingerprint density at radius 3 is 3.20 bits per heavy atom. The van der Waals surface area contributed by atoms with E-state index >= 15 is 0 Å². The number of nitrogens with one attached hydrogen (secondary N) is 1. The number of fused-ring (bicyclic) bond motifs is 1. The topological polar surface area (TPSA) is 48.5 Å². The molecule has 5 nitrogen and oxygen atoms in total. The zero-order valence-corrected chi connectivity index (χ0v) is 12.6. The number of thiazole rings is 1. The van der Waals surface area contributed by atoms with Crippen molar-refractivity contribution in [2.45, 2.75) is 31.7 Å². The molecule has 20 heavy (non-hydrogen) atoms. The van der Waals surface area contributed by atoms with Gasteiger partial charge in [-0.2, -0.15) is 0 Å². The SMILES string of the molecule is O=C(CCN1CCN2CCCCC2C1)Nc1nccs1. The van der Waals surface area contributed by atoms with Crippen LogP contribution in [0.4, 0.5) is 5.13 Å². The van der Waals surface area contributed by atoms with Crippen LogP contribution >= 0.6 is 11.3 Å². The van der Waals surface area contributed by atoms with Crippen molar-refractivity contribution in [3.05, 3.63) is 11.6 Å². The predicted octanol–water partition coefficient (Wildman–Crippen LogP) is 1.64. The van der Waals surface area contributed by atoms with Crippen LogP contribution < -0.4 is 5.32 Å². The molecule has 1 unspecified atom stereocenters. The standard InChI is InChI=1S/C14H22N4OS/c19-13(16-14-15-5-10-20-14)4-7-17-8-9-18-6-2-1-3-12(18)11-17/h5,10,12H,1-4,6-9,11H2,(H,15,16,19). The van der Waals surface area contributed by atoms with E-state index in [4.69, 9.17) is 0 Å². The molecule has 1 aromatic rings. The van der Waals surface area contributed by atoms with Crippen molar-refractivity contribution in [3.63, 3.8) is 0 Å². The minimum atomic E-state index is 0.0750. The van der Waals surface area contributed by atoms with Gasteiger partial charge in [-0.15, -0.1) is 11.3 Å². The third-order valence-corrected chi connectivity index (χ3v) is 4.94. The molecule has 3 heterocycles. The molecule has 1 N–H and O–H groups in total. The second kappa shape index (κ2) is 6.65. The third kappa shape index (κ3) is 3.56. The monoisotopic (exact) mass is 294 g/mol.